The van der Waals surface area contributed by atoms with Crippen molar-refractivity contribution in [3.8, 4) is 0 Å². The van der Waals surface area contributed by atoms with Gasteiger partial charge in [-0.3, -0.25) is 9.59 Å². The summed E-state index contributed by atoms with van der Waals surface area (Å²) in [5.74, 6) is 0.0352. The molecule has 31 heavy (non-hydrogen) atoms. The Kier molecular flexibility index (Phi) is 4.41. The van der Waals surface area contributed by atoms with Gasteiger partial charge < -0.3 is 9.84 Å². The van der Waals surface area contributed by atoms with Gasteiger partial charge in [0, 0.05) is 28.9 Å². The zero-order valence-corrected chi connectivity index (χ0v) is 17.3. The Bertz CT molecular complexity index is 1170. The van der Waals surface area contributed by atoms with Gasteiger partial charge in [-0.2, -0.15) is 0 Å². The van der Waals surface area contributed by atoms with Crippen LogP contribution in [0, 0.1) is 0 Å². The third-order valence-corrected chi connectivity index (χ3v) is 5.87. The molecule has 0 bridgehead atoms. The number of hydrogen-bond donors (Lipinski definition) is 1. The molecule has 0 saturated carbocycles. The molecule has 0 aromatic heterocycles. The third kappa shape index (κ3) is 3.29. The van der Waals surface area contributed by atoms with Crippen LogP contribution < -0.4 is 4.90 Å². The standard InChI is InChI=1S/C25H22N2O4/c1-25(2)14-13-19-23(30)22(17-5-3-4-6-18(17)24(19)31-25)26-15-7-9-16(10-8-15)27-20(28)11-12-21(27)29/h3-12,23,30H,13-14H2,1-2H3/b26-22+. The highest BCUT2D eigenvalue weighted by Gasteiger charge is 2.38. The number of aliphatic imine (C=N–C) groups is 1. The van der Waals surface area contributed by atoms with Crippen molar-refractivity contribution in [3.05, 3.63) is 77.4 Å². The number of imide groups is 1. The Morgan fingerprint density at radius 3 is 2.32 bits per heavy atom. The van der Waals surface area contributed by atoms with Gasteiger partial charge in [0.2, 0.25) is 0 Å². The molecule has 156 valence electrons. The quantitative estimate of drug-likeness (QED) is 0.756. The molecule has 2 aromatic carbocycles. The molecule has 0 spiro atoms. The lowest BCUT2D eigenvalue weighted by Gasteiger charge is -2.39. The largest absolute Gasteiger partial charge is 0.487 e. The van der Waals surface area contributed by atoms with Gasteiger partial charge in [0.25, 0.3) is 11.8 Å². The van der Waals surface area contributed by atoms with Gasteiger partial charge >= 0.3 is 0 Å². The van der Waals surface area contributed by atoms with Crippen molar-refractivity contribution in [2.45, 2.75) is 38.4 Å². The first kappa shape index (κ1) is 19.5. The number of rotatable bonds is 2. The van der Waals surface area contributed by atoms with Crippen LogP contribution in [0.25, 0.3) is 5.76 Å². The Labute approximate surface area is 180 Å². The molecule has 2 aromatic rings. The fraction of sp³-hybridized carbons (Fsp3) is 0.240. The van der Waals surface area contributed by atoms with Gasteiger partial charge in [-0.15, -0.1) is 0 Å². The van der Waals surface area contributed by atoms with E-state index in [9.17, 15) is 14.7 Å². The highest BCUT2D eigenvalue weighted by Crippen LogP contribution is 2.43. The number of benzene rings is 2. The first-order valence-corrected chi connectivity index (χ1v) is 10.3. The number of nitrogens with zero attached hydrogens (tertiary/aromatic N) is 2. The zero-order chi connectivity index (χ0) is 21.8. The summed E-state index contributed by atoms with van der Waals surface area (Å²) in [5, 5.41) is 11.2. The second-order valence-corrected chi connectivity index (χ2v) is 8.52. The predicted molar refractivity (Wildman–Crippen MR) is 118 cm³/mol. The number of anilines is 1. The van der Waals surface area contributed by atoms with Crippen LogP contribution in [0.2, 0.25) is 0 Å². The molecule has 6 heteroatoms. The van der Waals surface area contributed by atoms with Crippen molar-refractivity contribution in [1.29, 1.82) is 0 Å². The minimum atomic E-state index is -0.855. The molecule has 6 nitrogen and oxygen atoms in total. The van der Waals surface area contributed by atoms with E-state index in [0.29, 0.717) is 17.1 Å². The van der Waals surface area contributed by atoms with Gasteiger partial charge in [-0.05, 0) is 51.0 Å². The molecule has 1 unspecified atom stereocenters. The van der Waals surface area contributed by atoms with Crippen LogP contribution in [-0.2, 0) is 14.3 Å². The van der Waals surface area contributed by atoms with Crippen LogP contribution in [-0.4, -0.2) is 34.3 Å². The predicted octanol–water partition coefficient (Wildman–Crippen LogP) is 3.91. The monoisotopic (exact) mass is 414 g/mol. The Morgan fingerprint density at radius 1 is 1.00 bits per heavy atom. The summed E-state index contributed by atoms with van der Waals surface area (Å²) in [5.41, 5.74) is 4.03. The maximum Gasteiger partial charge on any atom is 0.258 e. The maximum absolute atomic E-state index is 11.9. The number of amides is 2. The van der Waals surface area contributed by atoms with Gasteiger partial charge in [-0.25, -0.2) is 9.89 Å². The SMILES string of the molecule is CC1(C)CCC2=C(O1)c1ccccc1/C(=N\c1ccc(N3C(=O)C=CC3=O)cc1)C2O. The van der Waals surface area contributed by atoms with Crippen LogP contribution >= 0.6 is 0 Å². The summed E-state index contributed by atoms with van der Waals surface area (Å²) in [6.07, 6.45) is 3.21. The van der Waals surface area contributed by atoms with Gasteiger partial charge in [0.05, 0.1) is 17.1 Å². The molecule has 5 rings (SSSR count). The van der Waals surface area contributed by atoms with Gasteiger partial charge in [0.1, 0.15) is 17.5 Å². The lowest BCUT2D eigenvalue weighted by atomic mass is 9.81. The maximum atomic E-state index is 11.9. The molecule has 0 radical (unpaired) electrons. The molecule has 2 aliphatic heterocycles. The van der Waals surface area contributed by atoms with E-state index >= 15 is 0 Å². The number of hydrogen-bond acceptors (Lipinski definition) is 5. The van der Waals surface area contributed by atoms with E-state index in [-0.39, 0.29) is 17.4 Å². The van der Waals surface area contributed by atoms with E-state index in [0.717, 1.165) is 40.2 Å². The molecule has 0 fully saturated rings. The van der Waals surface area contributed by atoms with E-state index in [1.165, 1.54) is 12.2 Å². The highest BCUT2D eigenvalue weighted by atomic mass is 16.5. The van der Waals surface area contributed by atoms with E-state index < -0.39 is 6.10 Å². The van der Waals surface area contributed by atoms with Crippen molar-refractivity contribution in [2.24, 2.45) is 4.99 Å². The zero-order valence-electron chi connectivity index (χ0n) is 17.3. The second-order valence-electron chi connectivity index (χ2n) is 8.52. The summed E-state index contributed by atoms with van der Waals surface area (Å²) in [7, 11) is 0. The number of carbonyl (C=O) groups is 2. The number of aliphatic hydroxyl groups is 1. The molecule has 1 aliphatic carbocycles. The smallest absolute Gasteiger partial charge is 0.258 e. The van der Waals surface area contributed by atoms with E-state index in [1.807, 2.05) is 24.3 Å². The van der Waals surface area contributed by atoms with Crippen molar-refractivity contribution >= 4 is 34.7 Å². The first-order chi connectivity index (χ1) is 14.8. The lowest BCUT2D eigenvalue weighted by Crippen LogP contribution is -2.37. The number of aliphatic hydroxyl groups excluding tert-OH is 1. The Balaban J connectivity index is 1.53. The minimum absolute atomic E-state index is 0.282. The molecule has 1 atom stereocenters. The molecule has 1 N–H and O–H groups in total. The number of fused-ring (bicyclic) bond motifs is 2. The Morgan fingerprint density at radius 2 is 1.65 bits per heavy atom. The Hall–Kier alpha value is -3.51. The molecule has 0 saturated heterocycles. The van der Waals surface area contributed by atoms with E-state index in [2.05, 4.69) is 13.8 Å². The van der Waals surface area contributed by atoms with Crippen molar-refractivity contribution in [1.82, 2.24) is 0 Å². The number of ether oxygens (including phenoxy) is 1. The van der Waals surface area contributed by atoms with Crippen LogP contribution in [0.1, 0.15) is 37.8 Å². The summed E-state index contributed by atoms with van der Waals surface area (Å²) in [6, 6.07) is 14.6. The van der Waals surface area contributed by atoms with Crippen LogP contribution in [0.15, 0.2) is 71.2 Å². The lowest BCUT2D eigenvalue weighted by molar-refractivity contribution is -0.119. The van der Waals surface area contributed by atoms with Crippen LogP contribution in [0.5, 0.6) is 0 Å². The fourth-order valence-corrected chi connectivity index (χ4v) is 4.24. The summed E-state index contributed by atoms with van der Waals surface area (Å²) in [4.78, 5) is 29.6. The topological polar surface area (TPSA) is 79.2 Å². The van der Waals surface area contributed by atoms with E-state index in [4.69, 9.17) is 9.73 Å². The molecular weight excluding hydrogens is 392 g/mol. The summed E-state index contributed by atoms with van der Waals surface area (Å²) >= 11 is 0. The normalized spacial score (nSPS) is 23.1. The van der Waals surface area contributed by atoms with Crippen LogP contribution in [0.4, 0.5) is 11.4 Å². The minimum Gasteiger partial charge on any atom is -0.487 e. The van der Waals surface area contributed by atoms with Crippen LogP contribution in [0.3, 0.4) is 0 Å². The van der Waals surface area contributed by atoms with E-state index in [1.54, 1.807) is 24.3 Å². The third-order valence-electron chi connectivity index (χ3n) is 5.87. The average molecular weight is 414 g/mol. The molecule has 2 heterocycles. The summed E-state index contributed by atoms with van der Waals surface area (Å²) in [6.45, 7) is 4.12. The summed E-state index contributed by atoms with van der Waals surface area (Å²) < 4.78 is 6.26. The molecule has 2 amide bonds. The average Bonchev–Trinajstić information content (AvgIpc) is 3.09. The molecular formula is C25H22N2O4. The second kappa shape index (κ2) is 7.03. The van der Waals surface area contributed by atoms with Gasteiger partial charge in [0.15, 0.2) is 0 Å². The van der Waals surface area contributed by atoms with Gasteiger partial charge in [-0.1, -0.05) is 24.3 Å². The molecule has 3 aliphatic rings. The van der Waals surface area contributed by atoms with Crippen molar-refractivity contribution in [2.75, 3.05) is 4.90 Å². The first-order valence-electron chi connectivity index (χ1n) is 10.3. The number of carbonyl (C=O) groups excluding carboxylic acids is 2. The van der Waals surface area contributed by atoms with Crippen molar-refractivity contribution < 1.29 is 19.4 Å². The highest BCUT2D eigenvalue weighted by molar-refractivity contribution is 6.28. The fourth-order valence-electron chi connectivity index (χ4n) is 4.24. The van der Waals surface area contributed by atoms with Crippen molar-refractivity contribution in [3.63, 3.8) is 0 Å².